The van der Waals surface area contributed by atoms with Crippen molar-refractivity contribution in [2.75, 3.05) is 5.32 Å². The maximum Gasteiger partial charge on any atom is 0.229 e. The first kappa shape index (κ1) is 22.4. The molecule has 0 radical (unpaired) electrons. The fourth-order valence-electron chi connectivity index (χ4n) is 4.86. The molecule has 1 aliphatic rings. The third kappa shape index (κ3) is 4.01. The van der Waals surface area contributed by atoms with Gasteiger partial charge in [0.05, 0.1) is 41.0 Å². The molecule has 4 N–H and O–H groups in total. The van der Waals surface area contributed by atoms with Crippen molar-refractivity contribution in [1.82, 2.24) is 19.6 Å². The van der Waals surface area contributed by atoms with Crippen molar-refractivity contribution in [1.29, 1.82) is 0 Å². The zero-order valence-electron chi connectivity index (χ0n) is 18.9. The highest BCUT2D eigenvalue weighted by Gasteiger charge is 2.34. The summed E-state index contributed by atoms with van der Waals surface area (Å²) in [6.07, 6.45) is 6.00. The zero-order valence-corrected chi connectivity index (χ0v) is 18.9. The van der Waals surface area contributed by atoms with E-state index in [1.807, 2.05) is 13.0 Å². The number of fused-ring (bicyclic) bond motifs is 1. The van der Waals surface area contributed by atoms with Gasteiger partial charge in [-0.3, -0.25) is 4.98 Å². The van der Waals surface area contributed by atoms with Crippen LogP contribution in [0, 0.1) is 24.5 Å². The van der Waals surface area contributed by atoms with Crippen LogP contribution in [0.1, 0.15) is 36.8 Å². The number of halogens is 2. The van der Waals surface area contributed by atoms with E-state index in [-0.39, 0.29) is 29.1 Å². The van der Waals surface area contributed by atoms with Crippen molar-refractivity contribution in [2.45, 2.75) is 44.8 Å². The Morgan fingerprint density at radius 3 is 2.62 bits per heavy atom. The fraction of sp³-hybridized carbons (Fsp3) is 0.320. The van der Waals surface area contributed by atoms with Crippen LogP contribution < -0.4 is 11.1 Å². The first-order chi connectivity index (χ1) is 16.3. The minimum Gasteiger partial charge on any atom is -0.391 e. The Balaban J connectivity index is 1.51. The van der Waals surface area contributed by atoms with Crippen LogP contribution in [0.3, 0.4) is 0 Å². The van der Waals surface area contributed by atoms with Crippen molar-refractivity contribution in [2.24, 2.45) is 11.7 Å². The highest BCUT2D eigenvalue weighted by Crippen LogP contribution is 2.39. The minimum absolute atomic E-state index is 0.0746. The molecular weight excluding hydrogens is 438 g/mol. The van der Waals surface area contributed by atoms with Gasteiger partial charge in [-0.2, -0.15) is 9.61 Å². The molecule has 3 aromatic heterocycles. The Kier molecular flexibility index (Phi) is 5.75. The molecule has 1 saturated carbocycles. The Labute approximate surface area is 195 Å². The van der Waals surface area contributed by atoms with E-state index in [9.17, 15) is 13.9 Å². The number of hydrogen-bond acceptors (Lipinski definition) is 6. The summed E-state index contributed by atoms with van der Waals surface area (Å²) in [5.74, 6) is -0.723. The van der Waals surface area contributed by atoms with Gasteiger partial charge in [-0.25, -0.2) is 13.8 Å². The van der Waals surface area contributed by atoms with E-state index in [1.165, 1.54) is 16.6 Å². The summed E-state index contributed by atoms with van der Waals surface area (Å²) in [6.45, 7) is 3.64. The summed E-state index contributed by atoms with van der Waals surface area (Å²) in [6, 6.07) is 7.50. The van der Waals surface area contributed by atoms with Gasteiger partial charge >= 0.3 is 0 Å². The highest BCUT2D eigenvalue weighted by atomic mass is 19.1. The molecule has 0 unspecified atom stereocenters. The molecule has 1 fully saturated rings. The second-order valence-electron chi connectivity index (χ2n) is 9.13. The van der Waals surface area contributed by atoms with Crippen LogP contribution in [0.2, 0.25) is 0 Å². The maximum absolute atomic E-state index is 14.6. The van der Waals surface area contributed by atoms with Crippen molar-refractivity contribution in [3.05, 3.63) is 71.7 Å². The smallest absolute Gasteiger partial charge is 0.229 e. The lowest BCUT2D eigenvalue weighted by atomic mass is 9.74. The summed E-state index contributed by atoms with van der Waals surface area (Å²) >= 11 is 0. The number of hydrogen-bond donors (Lipinski definition) is 3. The molecule has 176 valence electrons. The summed E-state index contributed by atoms with van der Waals surface area (Å²) in [4.78, 5) is 8.67. The van der Waals surface area contributed by atoms with Crippen LogP contribution >= 0.6 is 0 Å². The molecule has 4 aromatic rings. The van der Waals surface area contributed by atoms with E-state index < -0.39 is 17.7 Å². The second-order valence-corrected chi connectivity index (χ2v) is 9.13. The van der Waals surface area contributed by atoms with Gasteiger partial charge in [0.25, 0.3) is 0 Å². The average Bonchev–Trinajstić information content (AvgIpc) is 3.19. The van der Waals surface area contributed by atoms with E-state index in [1.54, 1.807) is 37.6 Å². The van der Waals surface area contributed by atoms with Crippen LogP contribution in [-0.2, 0) is 0 Å². The lowest BCUT2D eigenvalue weighted by molar-refractivity contribution is 0.0521. The topological polar surface area (TPSA) is 101 Å². The van der Waals surface area contributed by atoms with Gasteiger partial charge in [-0.05, 0) is 73.1 Å². The number of pyridine rings is 1. The molecule has 5 rings (SSSR count). The molecule has 4 atom stereocenters. The largest absolute Gasteiger partial charge is 0.391 e. The SMILES string of the molecule is Cc1cc(F)c(-c2ccc3cnc(Nc4cnccc4[C@H]4C[C@@H](N)[C@H](O)[C@@H](C)C4)n3n2)c(F)c1. The van der Waals surface area contributed by atoms with E-state index in [0.29, 0.717) is 23.4 Å². The number of aryl methyl sites for hydroxylation is 1. The number of nitrogens with zero attached hydrogens (tertiary/aromatic N) is 4. The number of aliphatic hydroxyl groups is 1. The van der Waals surface area contributed by atoms with Gasteiger partial charge in [0.2, 0.25) is 5.95 Å². The molecule has 1 aliphatic carbocycles. The number of rotatable bonds is 4. The Hall–Kier alpha value is -3.43. The molecule has 0 amide bonds. The van der Waals surface area contributed by atoms with E-state index in [2.05, 4.69) is 20.4 Å². The van der Waals surface area contributed by atoms with Gasteiger partial charge in [0.15, 0.2) is 0 Å². The average molecular weight is 465 g/mol. The number of nitrogens with two attached hydrogens (primary N) is 1. The van der Waals surface area contributed by atoms with Gasteiger partial charge < -0.3 is 16.2 Å². The summed E-state index contributed by atoms with van der Waals surface area (Å²) < 4.78 is 30.6. The van der Waals surface area contributed by atoms with E-state index >= 15 is 0 Å². The lowest BCUT2D eigenvalue weighted by Crippen LogP contribution is -2.44. The number of aliphatic hydroxyl groups excluding tert-OH is 1. The van der Waals surface area contributed by atoms with Crippen LogP contribution in [0.4, 0.5) is 20.4 Å². The molecule has 7 nitrogen and oxygen atoms in total. The zero-order chi connectivity index (χ0) is 24.0. The molecule has 1 aromatic carbocycles. The monoisotopic (exact) mass is 464 g/mol. The number of nitrogens with one attached hydrogen (secondary N) is 1. The summed E-state index contributed by atoms with van der Waals surface area (Å²) in [5.41, 5.74) is 9.10. The van der Waals surface area contributed by atoms with Crippen molar-refractivity contribution in [3.63, 3.8) is 0 Å². The number of imidazole rings is 1. The highest BCUT2D eigenvalue weighted by molar-refractivity contribution is 5.66. The Morgan fingerprint density at radius 1 is 1.12 bits per heavy atom. The normalized spacial score (nSPS) is 22.8. The summed E-state index contributed by atoms with van der Waals surface area (Å²) in [7, 11) is 0. The first-order valence-corrected chi connectivity index (χ1v) is 11.3. The van der Waals surface area contributed by atoms with E-state index in [0.717, 1.165) is 17.7 Å². The van der Waals surface area contributed by atoms with Gasteiger partial charge in [0, 0.05) is 12.2 Å². The predicted octanol–water partition coefficient (Wildman–Crippen LogP) is 4.32. The second kappa shape index (κ2) is 8.73. The van der Waals surface area contributed by atoms with Crippen LogP contribution in [0.15, 0.2) is 48.9 Å². The third-order valence-corrected chi connectivity index (χ3v) is 6.60. The molecular formula is C25H26F2N6O. The quantitative estimate of drug-likeness (QED) is 0.416. The van der Waals surface area contributed by atoms with Gasteiger partial charge in [0.1, 0.15) is 11.6 Å². The molecule has 3 heterocycles. The lowest BCUT2D eigenvalue weighted by Gasteiger charge is -2.36. The molecule has 0 saturated heterocycles. The van der Waals surface area contributed by atoms with Gasteiger partial charge in [-0.1, -0.05) is 6.92 Å². The van der Waals surface area contributed by atoms with Crippen LogP contribution in [-0.4, -0.2) is 36.8 Å². The van der Waals surface area contributed by atoms with E-state index in [4.69, 9.17) is 5.73 Å². The van der Waals surface area contributed by atoms with Crippen LogP contribution in [0.25, 0.3) is 16.8 Å². The Bertz CT molecular complexity index is 1320. The minimum atomic E-state index is -0.668. The number of anilines is 2. The standard InChI is InChI=1S/C25H26F2N6O/c1-13-7-18(26)23(19(27)8-13)21-4-3-16-11-30-25(33(16)32-21)31-22-12-29-6-5-17(22)15-9-14(2)24(34)20(28)10-15/h3-8,11-12,14-15,20,24,34H,9-10,28H2,1-2H3,(H,30,31)/t14-,15+,20+,24+/m0/s1. The maximum atomic E-state index is 14.6. The molecule has 34 heavy (non-hydrogen) atoms. The van der Waals surface area contributed by atoms with Crippen molar-refractivity contribution in [3.8, 4) is 11.3 Å². The third-order valence-electron chi connectivity index (χ3n) is 6.60. The number of benzene rings is 1. The summed E-state index contributed by atoms with van der Waals surface area (Å²) in [5, 5.41) is 18.0. The predicted molar refractivity (Wildman–Crippen MR) is 126 cm³/mol. The molecule has 9 heteroatoms. The molecule has 0 aliphatic heterocycles. The first-order valence-electron chi connectivity index (χ1n) is 11.3. The van der Waals surface area contributed by atoms with Crippen molar-refractivity contribution >= 4 is 17.2 Å². The fourth-order valence-corrected chi connectivity index (χ4v) is 4.86. The molecule has 0 spiro atoms. The van der Waals surface area contributed by atoms with Gasteiger partial charge in [-0.15, -0.1) is 0 Å². The number of aromatic nitrogens is 4. The molecule has 0 bridgehead atoms. The Morgan fingerprint density at radius 2 is 1.88 bits per heavy atom. The van der Waals surface area contributed by atoms with Crippen molar-refractivity contribution < 1.29 is 13.9 Å². The van der Waals surface area contributed by atoms with Crippen LogP contribution in [0.5, 0.6) is 0 Å².